The van der Waals surface area contributed by atoms with Gasteiger partial charge in [0.2, 0.25) is 5.91 Å². The summed E-state index contributed by atoms with van der Waals surface area (Å²) in [5.41, 5.74) is 6.14. The number of amides is 1. The molecular weight excluding hydrogens is 168 g/mol. The molecule has 0 saturated heterocycles. The fourth-order valence-corrected chi connectivity index (χ4v) is 0.997. The number of hydrogen-bond acceptors (Lipinski definition) is 3. The van der Waals surface area contributed by atoms with E-state index in [0.29, 0.717) is 6.54 Å². The summed E-state index contributed by atoms with van der Waals surface area (Å²) in [6, 6.07) is 0. The SMILES string of the molecule is NCC(=O)NCCCc1c[nH]cn1. The molecule has 0 atom stereocenters. The van der Waals surface area contributed by atoms with Crippen molar-refractivity contribution in [2.45, 2.75) is 12.8 Å². The van der Waals surface area contributed by atoms with Crippen molar-refractivity contribution >= 4 is 5.91 Å². The van der Waals surface area contributed by atoms with Gasteiger partial charge >= 0.3 is 0 Å². The van der Waals surface area contributed by atoms with Gasteiger partial charge < -0.3 is 16.0 Å². The second-order valence-electron chi connectivity index (χ2n) is 2.72. The highest BCUT2D eigenvalue weighted by Gasteiger charge is 1.97. The third-order valence-corrected chi connectivity index (χ3v) is 1.67. The Labute approximate surface area is 76.7 Å². The van der Waals surface area contributed by atoms with Crippen LogP contribution in [0.3, 0.4) is 0 Å². The molecule has 0 bridgehead atoms. The molecule has 1 amide bonds. The molecule has 13 heavy (non-hydrogen) atoms. The second-order valence-corrected chi connectivity index (χ2v) is 2.72. The number of nitrogens with one attached hydrogen (secondary N) is 2. The first-order valence-electron chi connectivity index (χ1n) is 4.27. The lowest BCUT2D eigenvalue weighted by Crippen LogP contribution is -2.31. The van der Waals surface area contributed by atoms with Gasteiger partial charge in [-0.3, -0.25) is 4.79 Å². The van der Waals surface area contributed by atoms with Crippen LogP contribution in [0.5, 0.6) is 0 Å². The van der Waals surface area contributed by atoms with Crippen molar-refractivity contribution in [3.8, 4) is 0 Å². The quantitative estimate of drug-likeness (QED) is 0.532. The van der Waals surface area contributed by atoms with Crippen LogP contribution in [0.4, 0.5) is 0 Å². The van der Waals surface area contributed by atoms with E-state index in [1.165, 1.54) is 0 Å². The van der Waals surface area contributed by atoms with Crippen LogP contribution in [-0.4, -0.2) is 29.0 Å². The number of aromatic nitrogens is 2. The van der Waals surface area contributed by atoms with E-state index >= 15 is 0 Å². The van der Waals surface area contributed by atoms with Gasteiger partial charge in [0.1, 0.15) is 0 Å². The number of carbonyl (C=O) groups is 1. The number of hydrogen-bond donors (Lipinski definition) is 3. The summed E-state index contributed by atoms with van der Waals surface area (Å²) in [7, 11) is 0. The van der Waals surface area contributed by atoms with E-state index < -0.39 is 0 Å². The minimum atomic E-state index is -0.109. The first-order chi connectivity index (χ1) is 6.33. The fraction of sp³-hybridized carbons (Fsp3) is 0.500. The average molecular weight is 182 g/mol. The summed E-state index contributed by atoms with van der Waals surface area (Å²) in [5, 5.41) is 2.69. The van der Waals surface area contributed by atoms with Gasteiger partial charge in [-0.25, -0.2) is 4.98 Å². The number of aromatic amines is 1. The molecule has 5 nitrogen and oxygen atoms in total. The normalized spacial score (nSPS) is 9.92. The van der Waals surface area contributed by atoms with Gasteiger partial charge in [-0.1, -0.05) is 0 Å². The van der Waals surface area contributed by atoms with Gasteiger partial charge in [0.05, 0.1) is 18.6 Å². The summed E-state index contributed by atoms with van der Waals surface area (Å²) < 4.78 is 0. The van der Waals surface area contributed by atoms with Gasteiger partial charge in [-0.15, -0.1) is 0 Å². The average Bonchev–Trinajstić information content (AvgIpc) is 2.64. The number of nitrogens with two attached hydrogens (primary N) is 1. The van der Waals surface area contributed by atoms with Gasteiger partial charge in [0.25, 0.3) is 0 Å². The zero-order valence-electron chi connectivity index (χ0n) is 7.42. The van der Waals surface area contributed by atoms with E-state index in [0.717, 1.165) is 18.5 Å². The van der Waals surface area contributed by atoms with Crippen molar-refractivity contribution in [1.82, 2.24) is 15.3 Å². The van der Waals surface area contributed by atoms with E-state index in [4.69, 9.17) is 5.73 Å². The van der Waals surface area contributed by atoms with Crippen LogP contribution in [0.15, 0.2) is 12.5 Å². The zero-order valence-corrected chi connectivity index (χ0v) is 7.42. The van der Waals surface area contributed by atoms with Crippen LogP contribution < -0.4 is 11.1 Å². The highest BCUT2D eigenvalue weighted by Crippen LogP contribution is 1.94. The Kier molecular flexibility index (Phi) is 3.98. The molecule has 0 aliphatic heterocycles. The van der Waals surface area contributed by atoms with Crippen molar-refractivity contribution in [3.05, 3.63) is 18.2 Å². The van der Waals surface area contributed by atoms with Crippen molar-refractivity contribution < 1.29 is 4.79 Å². The summed E-state index contributed by atoms with van der Waals surface area (Å²) >= 11 is 0. The summed E-state index contributed by atoms with van der Waals surface area (Å²) in [6.07, 6.45) is 5.25. The van der Waals surface area contributed by atoms with Crippen molar-refractivity contribution in [1.29, 1.82) is 0 Å². The van der Waals surface area contributed by atoms with Crippen LogP contribution in [0.25, 0.3) is 0 Å². The highest BCUT2D eigenvalue weighted by atomic mass is 16.1. The highest BCUT2D eigenvalue weighted by molar-refractivity contribution is 5.77. The number of nitrogens with zero attached hydrogens (tertiary/aromatic N) is 1. The van der Waals surface area contributed by atoms with Crippen LogP contribution in [0, 0.1) is 0 Å². The standard InChI is InChI=1S/C8H14N4O/c9-4-8(13)11-3-1-2-7-5-10-6-12-7/h5-6H,1-4,9H2,(H,10,12)(H,11,13). The van der Waals surface area contributed by atoms with Crippen LogP contribution in [0.1, 0.15) is 12.1 Å². The number of H-pyrrole nitrogens is 1. The summed E-state index contributed by atoms with van der Waals surface area (Å²) in [6.45, 7) is 0.714. The lowest BCUT2D eigenvalue weighted by atomic mass is 10.2. The van der Waals surface area contributed by atoms with Gasteiger partial charge in [-0.2, -0.15) is 0 Å². The first kappa shape index (κ1) is 9.73. The third-order valence-electron chi connectivity index (χ3n) is 1.67. The molecule has 0 saturated carbocycles. The molecule has 1 aromatic rings. The maximum Gasteiger partial charge on any atom is 0.233 e. The molecule has 1 heterocycles. The molecule has 5 heteroatoms. The molecule has 0 aliphatic rings. The van der Waals surface area contributed by atoms with Crippen molar-refractivity contribution in [2.24, 2.45) is 5.73 Å². The second kappa shape index (κ2) is 5.31. The number of carbonyl (C=O) groups excluding carboxylic acids is 1. The molecule has 0 radical (unpaired) electrons. The first-order valence-corrected chi connectivity index (χ1v) is 4.27. The summed E-state index contributed by atoms with van der Waals surface area (Å²) in [4.78, 5) is 17.6. The molecule has 4 N–H and O–H groups in total. The lowest BCUT2D eigenvalue weighted by molar-refractivity contribution is -0.119. The minimum absolute atomic E-state index is 0.0579. The molecule has 0 aromatic carbocycles. The number of imidazole rings is 1. The lowest BCUT2D eigenvalue weighted by Gasteiger charge is -2.01. The Morgan fingerprint density at radius 3 is 3.15 bits per heavy atom. The smallest absolute Gasteiger partial charge is 0.233 e. The van der Waals surface area contributed by atoms with E-state index in [1.54, 1.807) is 6.33 Å². The van der Waals surface area contributed by atoms with Crippen molar-refractivity contribution in [2.75, 3.05) is 13.1 Å². The number of rotatable bonds is 5. The van der Waals surface area contributed by atoms with Crippen LogP contribution in [-0.2, 0) is 11.2 Å². The molecule has 72 valence electrons. The molecular formula is C8H14N4O. The largest absolute Gasteiger partial charge is 0.355 e. The van der Waals surface area contributed by atoms with Gasteiger partial charge in [0.15, 0.2) is 0 Å². The predicted molar refractivity (Wildman–Crippen MR) is 49.0 cm³/mol. The van der Waals surface area contributed by atoms with Crippen molar-refractivity contribution in [3.63, 3.8) is 0 Å². The Hall–Kier alpha value is -1.36. The zero-order chi connectivity index (χ0) is 9.52. The molecule has 0 unspecified atom stereocenters. The van der Waals surface area contributed by atoms with Gasteiger partial charge in [0, 0.05) is 12.7 Å². The molecule has 0 aliphatic carbocycles. The molecule has 0 fully saturated rings. The molecule has 0 spiro atoms. The van der Waals surface area contributed by atoms with Crippen LogP contribution in [0.2, 0.25) is 0 Å². The number of aryl methyl sites for hydroxylation is 1. The molecule has 1 aromatic heterocycles. The van der Waals surface area contributed by atoms with E-state index in [1.807, 2.05) is 6.20 Å². The van der Waals surface area contributed by atoms with E-state index in [-0.39, 0.29) is 12.5 Å². The Morgan fingerprint density at radius 1 is 1.69 bits per heavy atom. The van der Waals surface area contributed by atoms with Crippen LogP contribution >= 0.6 is 0 Å². The predicted octanol–water partition coefficient (Wildman–Crippen LogP) is -0.583. The maximum atomic E-state index is 10.7. The fourth-order valence-electron chi connectivity index (χ4n) is 0.997. The molecule has 1 rings (SSSR count). The van der Waals surface area contributed by atoms with E-state index in [9.17, 15) is 4.79 Å². The summed E-state index contributed by atoms with van der Waals surface area (Å²) in [5.74, 6) is -0.109. The Balaban J connectivity index is 2.05. The van der Waals surface area contributed by atoms with Gasteiger partial charge in [-0.05, 0) is 12.8 Å². The Morgan fingerprint density at radius 2 is 2.54 bits per heavy atom. The topological polar surface area (TPSA) is 83.8 Å². The van der Waals surface area contributed by atoms with E-state index in [2.05, 4.69) is 15.3 Å². The monoisotopic (exact) mass is 182 g/mol. The Bertz CT molecular complexity index is 245. The maximum absolute atomic E-state index is 10.7. The third kappa shape index (κ3) is 3.71. The minimum Gasteiger partial charge on any atom is -0.355 e.